The number of carbonyl (C=O) groups is 2. The molecule has 3 rings (SSSR count). The zero-order valence-corrected chi connectivity index (χ0v) is 17.6. The minimum atomic E-state index is -5.08. The summed E-state index contributed by atoms with van der Waals surface area (Å²) in [5.74, 6) is -3.14. The fourth-order valence-corrected chi connectivity index (χ4v) is 5.30. The van der Waals surface area contributed by atoms with Gasteiger partial charge in [-0.3, -0.25) is 9.69 Å². The molecule has 0 spiro atoms. The van der Waals surface area contributed by atoms with Crippen molar-refractivity contribution in [3.05, 3.63) is 35.6 Å². The topological polar surface area (TPSA) is 107 Å². The average molecular weight is 469 g/mol. The lowest BCUT2D eigenvalue weighted by atomic mass is 10.0. The van der Waals surface area contributed by atoms with E-state index < -0.39 is 28.2 Å². The zero-order valence-electron chi connectivity index (χ0n) is 16.8. The Balaban J connectivity index is 0.000000423. The number of hydrogen-bond acceptors (Lipinski definition) is 5. The highest BCUT2D eigenvalue weighted by Crippen LogP contribution is 2.38. The first-order valence-electron chi connectivity index (χ1n) is 9.21. The minimum absolute atomic E-state index is 0.141. The van der Waals surface area contributed by atoms with Gasteiger partial charge in [0.05, 0.1) is 6.26 Å². The second-order valence-corrected chi connectivity index (χ2v) is 9.30. The Kier molecular flexibility index (Phi) is 7.66. The molecular weight excluding hydrogens is 446 g/mol. The van der Waals surface area contributed by atoms with Crippen LogP contribution in [0.5, 0.6) is 0 Å². The summed E-state index contributed by atoms with van der Waals surface area (Å²) in [4.78, 5) is 23.1. The highest BCUT2D eigenvalue weighted by Gasteiger charge is 2.52. The fourth-order valence-electron chi connectivity index (χ4n) is 3.93. The molecule has 2 saturated heterocycles. The normalized spacial score (nSPS) is 24.3. The van der Waals surface area contributed by atoms with Crippen LogP contribution >= 0.6 is 0 Å². The molecule has 3 atom stereocenters. The second kappa shape index (κ2) is 9.49. The molecule has 13 heteroatoms. The van der Waals surface area contributed by atoms with Crippen LogP contribution in [0.2, 0.25) is 0 Å². The summed E-state index contributed by atoms with van der Waals surface area (Å²) in [6.07, 6.45) is -3.38. The third-order valence-electron chi connectivity index (χ3n) is 5.14. The van der Waals surface area contributed by atoms with Gasteiger partial charge in [0, 0.05) is 32.7 Å². The third-order valence-corrected chi connectivity index (χ3v) is 6.43. The number of rotatable bonds is 4. The van der Waals surface area contributed by atoms with E-state index in [0.717, 1.165) is 18.4 Å². The molecule has 2 fully saturated rings. The van der Waals surface area contributed by atoms with Crippen molar-refractivity contribution in [1.29, 1.82) is 0 Å². The van der Waals surface area contributed by atoms with E-state index in [2.05, 4.69) is 10.2 Å². The van der Waals surface area contributed by atoms with Crippen molar-refractivity contribution in [3.8, 4) is 0 Å². The predicted molar refractivity (Wildman–Crippen MR) is 102 cm³/mol. The summed E-state index contributed by atoms with van der Waals surface area (Å²) in [5.41, 5.74) is 0.991. The van der Waals surface area contributed by atoms with Crippen molar-refractivity contribution in [1.82, 2.24) is 14.5 Å². The Morgan fingerprint density at radius 1 is 1.19 bits per heavy atom. The van der Waals surface area contributed by atoms with Gasteiger partial charge in [0.1, 0.15) is 11.9 Å². The largest absolute Gasteiger partial charge is 0.490 e. The van der Waals surface area contributed by atoms with E-state index in [-0.39, 0.29) is 23.7 Å². The minimum Gasteiger partial charge on any atom is -0.475 e. The molecule has 2 N–H and O–H groups in total. The number of likely N-dealkylation sites (N-methyl/N-ethyl adjacent to an activating group) is 1. The molecule has 1 aromatic rings. The van der Waals surface area contributed by atoms with Gasteiger partial charge in [-0.15, -0.1) is 0 Å². The molecule has 8 nitrogen and oxygen atoms in total. The van der Waals surface area contributed by atoms with Crippen molar-refractivity contribution < 1.29 is 40.7 Å². The summed E-state index contributed by atoms with van der Waals surface area (Å²) in [6, 6.07) is 5.54. The van der Waals surface area contributed by atoms with E-state index in [0.29, 0.717) is 19.5 Å². The number of fused-ring (bicyclic) bond motifs is 1. The van der Waals surface area contributed by atoms with Crippen LogP contribution in [0.25, 0.3) is 0 Å². The van der Waals surface area contributed by atoms with Gasteiger partial charge in [-0.2, -0.15) is 17.5 Å². The third kappa shape index (κ3) is 6.37. The van der Waals surface area contributed by atoms with Crippen LogP contribution in [0.15, 0.2) is 24.3 Å². The van der Waals surface area contributed by atoms with Gasteiger partial charge in [-0.1, -0.05) is 12.1 Å². The van der Waals surface area contributed by atoms with Crippen LogP contribution in [0.3, 0.4) is 0 Å². The maximum Gasteiger partial charge on any atom is 0.490 e. The molecular formula is C18H23F4N3O5S. The number of carboxylic acid groups (broad SMARTS) is 1. The quantitative estimate of drug-likeness (QED) is 0.639. The molecule has 2 aliphatic rings. The molecule has 174 valence electrons. The van der Waals surface area contributed by atoms with Crippen LogP contribution in [0.1, 0.15) is 12.0 Å². The molecule has 0 saturated carbocycles. The van der Waals surface area contributed by atoms with Crippen molar-refractivity contribution >= 4 is 21.9 Å². The van der Waals surface area contributed by atoms with Crippen LogP contribution < -0.4 is 5.32 Å². The first-order valence-corrected chi connectivity index (χ1v) is 11.1. The highest BCUT2D eigenvalue weighted by molar-refractivity contribution is 7.88. The molecule has 2 aliphatic heterocycles. The number of nitrogens with zero attached hydrogens (tertiary/aromatic N) is 2. The van der Waals surface area contributed by atoms with E-state index in [4.69, 9.17) is 9.90 Å². The van der Waals surface area contributed by atoms with Gasteiger partial charge in [0.2, 0.25) is 15.9 Å². The lowest BCUT2D eigenvalue weighted by Crippen LogP contribution is -2.49. The molecule has 0 unspecified atom stereocenters. The van der Waals surface area contributed by atoms with Gasteiger partial charge in [-0.05, 0) is 30.0 Å². The van der Waals surface area contributed by atoms with Crippen molar-refractivity contribution in [2.45, 2.75) is 31.2 Å². The van der Waals surface area contributed by atoms with E-state index >= 15 is 0 Å². The van der Waals surface area contributed by atoms with Crippen LogP contribution in [0.4, 0.5) is 17.6 Å². The number of benzene rings is 1. The first kappa shape index (κ1) is 25.0. The fraction of sp³-hybridized carbons (Fsp3) is 0.556. The predicted octanol–water partition coefficient (Wildman–Crippen LogP) is 1.04. The smallest absolute Gasteiger partial charge is 0.475 e. The SMILES string of the molecule is CNC(=O)[C@H]1C[C@@H]2CN(Cc3ccc(F)cc3)C[C@@H]2N1S(C)(=O)=O.O=C(O)C(F)(F)F. The summed E-state index contributed by atoms with van der Waals surface area (Å²) in [7, 11) is -1.94. The lowest BCUT2D eigenvalue weighted by Gasteiger charge is -2.27. The Labute approximate surface area is 176 Å². The van der Waals surface area contributed by atoms with Crippen LogP contribution in [0, 0.1) is 11.7 Å². The molecule has 0 aliphatic carbocycles. The van der Waals surface area contributed by atoms with Gasteiger partial charge in [0.15, 0.2) is 0 Å². The first-order chi connectivity index (χ1) is 14.2. The molecule has 1 amide bonds. The molecule has 0 radical (unpaired) electrons. The Morgan fingerprint density at radius 2 is 1.74 bits per heavy atom. The van der Waals surface area contributed by atoms with E-state index in [1.807, 2.05) is 0 Å². The van der Waals surface area contributed by atoms with Crippen LogP contribution in [-0.4, -0.2) is 79.3 Å². The van der Waals surface area contributed by atoms with E-state index in [1.165, 1.54) is 23.5 Å². The van der Waals surface area contributed by atoms with E-state index in [1.54, 1.807) is 12.1 Å². The number of aliphatic carboxylic acids is 1. The van der Waals surface area contributed by atoms with Crippen molar-refractivity contribution in [2.75, 3.05) is 26.4 Å². The molecule has 31 heavy (non-hydrogen) atoms. The zero-order chi connectivity index (χ0) is 23.6. The molecule has 1 aromatic carbocycles. The Bertz CT molecular complexity index is 908. The summed E-state index contributed by atoms with van der Waals surface area (Å²) >= 11 is 0. The molecule has 2 heterocycles. The number of alkyl halides is 3. The maximum atomic E-state index is 13.0. The number of amides is 1. The number of carbonyl (C=O) groups excluding carboxylic acids is 1. The van der Waals surface area contributed by atoms with Crippen LogP contribution in [-0.2, 0) is 26.2 Å². The Hall–Kier alpha value is -2.25. The van der Waals surface area contributed by atoms with Gasteiger partial charge in [0.25, 0.3) is 0 Å². The number of sulfonamides is 1. The number of nitrogens with one attached hydrogen (secondary N) is 1. The average Bonchev–Trinajstić information content (AvgIpc) is 3.19. The van der Waals surface area contributed by atoms with Crippen molar-refractivity contribution in [3.63, 3.8) is 0 Å². The summed E-state index contributed by atoms with van der Waals surface area (Å²) in [6.45, 7) is 1.97. The number of carboxylic acids is 1. The standard InChI is InChI=1S/C16H22FN3O3S.C2HF3O2/c1-18-16(21)14-7-12-9-19(8-11-3-5-13(17)6-4-11)10-15(12)20(14)24(2,22)23;3-2(4,5)1(6)7/h3-6,12,14-15H,7-10H2,1-2H3,(H,18,21);(H,6,7)/t12-,14-,15+;/m1./s1. The second-order valence-electron chi connectivity index (χ2n) is 7.41. The van der Waals surface area contributed by atoms with E-state index in [9.17, 15) is 30.8 Å². The van der Waals surface area contributed by atoms with Gasteiger partial charge >= 0.3 is 12.1 Å². The summed E-state index contributed by atoms with van der Waals surface area (Å²) < 4.78 is 70.5. The number of hydrogen-bond donors (Lipinski definition) is 2. The van der Waals surface area contributed by atoms with Gasteiger partial charge in [-0.25, -0.2) is 17.6 Å². The van der Waals surface area contributed by atoms with Crippen molar-refractivity contribution in [2.24, 2.45) is 5.92 Å². The molecule has 0 bridgehead atoms. The Morgan fingerprint density at radius 3 is 2.19 bits per heavy atom. The highest BCUT2D eigenvalue weighted by atomic mass is 32.2. The maximum absolute atomic E-state index is 13.0. The van der Waals surface area contributed by atoms with Gasteiger partial charge < -0.3 is 10.4 Å². The number of likely N-dealkylation sites (tertiary alicyclic amines) is 1. The molecule has 0 aromatic heterocycles. The number of halogens is 4. The lowest BCUT2D eigenvalue weighted by molar-refractivity contribution is -0.192. The summed E-state index contributed by atoms with van der Waals surface area (Å²) in [5, 5.41) is 9.69. The monoisotopic (exact) mass is 469 g/mol.